The van der Waals surface area contributed by atoms with Gasteiger partial charge < -0.3 is 10.3 Å². The van der Waals surface area contributed by atoms with E-state index in [-0.39, 0.29) is 21.9 Å². The number of sulfonamides is 1. The van der Waals surface area contributed by atoms with Crippen LogP contribution in [0.5, 0.6) is 0 Å². The molecular weight excluding hydrogens is 533 g/mol. The number of anilines is 3. The summed E-state index contributed by atoms with van der Waals surface area (Å²) in [6, 6.07) is 16.3. The fourth-order valence-electron chi connectivity index (χ4n) is 3.64. The molecule has 2 aromatic heterocycles. The normalized spacial score (nSPS) is 12.1. The molecule has 0 saturated carbocycles. The van der Waals surface area contributed by atoms with Gasteiger partial charge >= 0.3 is 6.18 Å². The molecule has 0 fully saturated rings. The van der Waals surface area contributed by atoms with Crippen LogP contribution in [0.1, 0.15) is 5.56 Å². The SMILES string of the molecule is O=S(=O)(Nc1ccc(Cl)cc1)c1ccc(-c2ccsc2)c(Nc2nc3c(C(F)(F)F)cccc3[nH]2)c1. The van der Waals surface area contributed by atoms with Crippen molar-refractivity contribution in [3.8, 4) is 11.1 Å². The van der Waals surface area contributed by atoms with Gasteiger partial charge in [-0.1, -0.05) is 23.7 Å². The van der Waals surface area contributed by atoms with E-state index in [1.807, 2.05) is 16.8 Å². The predicted molar refractivity (Wildman–Crippen MR) is 136 cm³/mol. The summed E-state index contributed by atoms with van der Waals surface area (Å²) >= 11 is 7.32. The van der Waals surface area contributed by atoms with Gasteiger partial charge in [-0.15, -0.1) is 0 Å². The molecule has 36 heavy (non-hydrogen) atoms. The number of rotatable bonds is 6. The number of halogens is 4. The molecule has 0 saturated heterocycles. The Morgan fingerprint density at radius 2 is 1.78 bits per heavy atom. The van der Waals surface area contributed by atoms with Crippen LogP contribution in [-0.2, 0) is 16.2 Å². The van der Waals surface area contributed by atoms with E-state index < -0.39 is 21.8 Å². The van der Waals surface area contributed by atoms with Gasteiger partial charge in [-0.2, -0.15) is 24.5 Å². The van der Waals surface area contributed by atoms with Crippen molar-refractivity contribution in [1.82, 2.24) is 9.97 Å². The van der Waals surface area contributed by atoms with Gasteiger partial charge in [-0.05, 0) is 70.9 Å². The average Bonchev–Trinajstić information content (AvgIpc) is 3.49. The van der Waals surface area contributed by atoms with Gasteiger partial charge in [0.1, 0.15) is 5.52 Å². The monoisotopic (exact) mass is 548 g/mol. The van der Waals surface area contributed by atoms with E-state index in [1.54, 1.807) is 18.2 Å². The third-order valence-corrected chi connectivity index (χ3v) is 7.62. The molecule has 0 atom stereocenters. The molecule has 0 aliphatic rings. The van der Waals surface area contributed by atoms with Gasteiger partial charge in [0.05, 0.1) is 21.7 Å². The zero-order chi connectivity index (χ0) is 25.5. The van der Waals surface area contributed by atoms with Crippen LogP contribution in [0.3, 0.4) is 0 Å². The number of para-hydroxylation sites is 1. The number of alkyl halides is 3. The fourth-order valence-corrected chi connectivity index (χ4v) is 5.51. The molecule has 0 spiro atoms. The molecule has 2 heterocycles. The Kier molecular flexibility index (Phi) is 6.15. The highest BCUT2D eigenvalue weighted by atomic mass is 35.5. The van der Waals surface area contributed by atoms with Crippen molar-refractivity contribution in [2.45, 2.75) is 11.1 Å². The minimum atomic E-state index is -4.57. The topological polar surface area (TPSA) is 86.9 Å². The van der Waals surface area contributed by atoms with E-state index in [4.69, 9.17) is 11.6 Å². The number of benzene rings is 3. The number of aromatic amines is 1. The second-order valence-corrected chi connectivity index (χ2v) is 10.6. The molecule has 3 aromatic carbocycles. The van der Waals surface area contributed by atoms with Crippen LogP contribution in [-0.4, -0.2) is 18.4 Å². The number of fused-ring (bicyclic) bond motifs is 1. The molecule has 5 aromatic rings. The first-order valence-corrected chi connectivity index (χ1v) is 13.2. The van der Waals surface area contributed by atoms with Gasteiger partial charge in [0.15, 0.2) is 0 Å². The van der Waals surface area contributed by atoms with Crippen molar-refractivity contribution in [2.75, 3.05) is 10.0 Å². The Balaban J connectivity index is 1.56. The summed E-state index contributed by atoms with van der Waals surface area (Å²) < 4.78 is 68.9. The lowest BCUT2D eigenvalue weighted by Crippen LogP contribution is -2.13. The van der Waals surface area contributed by atoms with Gasteiger partial charge in [0, 0.05) is 16.3 Å². The highest BCUT2D eigenvalue weighted by molar-refractivity contribution is 7.92. The lowest BCUT2D eigenvalue weighted by atomic mass is 10.1. The molecule has 0 aliphatic carbocycles. The van der Waals surface area contributed by atoms with E-state index in [0.29, 0.717) is 22.0 Å². The van der Waals surface area contributed by atoms with E-state index in [0.717, 1.165) is 11.6 Å². The molecular formula is C24H16ClF3N4O2S2. The largest absolute Gasteiger partial charge is 0.418 e. The lowest BCUT2D eigenvalue weighted by Gasteiger charge is -2.13. The number of imidazole rings is 1. The summed E-state index contributed by atoms with van der Waals surface area (Å²) in [7, 11) is -3.99. The van der Waals surface area contributed by atoms with E-state index >= 15 is 0 Å². The lowest BCUT2D eigenvalue weighted by molar-refractivity contribution is -0.136. The number of hydrogen-bond donors (Lipinski definition) is 3. The van der Waals surface area contributed by atoms with Gasteiger partial charge in [-0.25, -0.2) is 13.4 Å². The molecule has 6 nitrogen and oxygen atoms in total. The quantitative estimate of drug-likeness (QED) is 0.205. The summed E-state index contributed by atoms with van der Waals surface area (Å²) in [5, 5.41) is 7.18. The molecule has 0 amide bonds. The van der Waals surface area contributed by atoms with Crippen molar-refractivity contribution < 1.29 is 21.6 Å². The average molecular weight is 549 g/mol. The van der Waals surface area contributed by atoms with Crippen LogP contribution in [0.25, 0.3) is 22.2 Å². The minimum absolute atomic E-state index is 0.0402. The van der Waals surface area contributed by atoms with Crippen molar-refractivity contribution in [2.24, 2.45) is 0 Å². The van der Waals surface area contributed by atoms with Crippen LogP contribution in [0.2, 0.25) is 5.02 Å². The Labute approximate surface area is 212 Å². The zero-order valence-corrected chi connectivity index (χ0v) is 20.5. The van der Waals surface area contributed by atoms with E-state index in [1.165, 1.54) is 47.7 Å². The molecule has 0 radical (unpaired) electrons. The van der Waals surface area contributed by atoms with Crippen LogP contribution in [0.15, 0.2) is 82.4 Å². The molecule has 0 bridgehead atoms. The third kappa shape index (κ3) is 4.90. The van der Waals surface area contributed by atoms with E-state index in [2.05, 4.69) is 20.0 Å². The second kappa shape index (κ2) is 9.16. The summed E-state index contributed by atoms with van der Waals surface area (Å²) in [5.74, 6) is 0.0402. The van der Waals surface area contributed by atoms with Crippen LogP contribution in [0.4, 0.5) is 30.5 Å². The van der Waals surface area contributed by atoms with Crippen molar-refractivity contribution in [1.29, 1.82) is 0 Å². The molecule has 184 valence electrons. The van der Waals surface area contributed by atoms with Crippen LogP contribution >= 0.6 is 22.9 Å². The number of nitrogens with zero attached hydrogens (tertiary/aromatic N) is 1. The number of hydrogen-bond acceptors (Lipinski definition) is 5. The first-order chi connectivity index (χ1) is 17.1. The second-order valence-electron chi connectivity index (χ2n) is 7.74. The maximum Gasteiger partial charge on any atom is 0.418 e. The highest BCUT2D eigenvalue weighted by Gasteiger charge is 2.33. The molecule has 3 N–H and O–H groups in total. The Bertz CT molecular complexity index is 1650. The molecule has 0 unspecified atom stereocenters. The summed E-state index contributed by atoms with van der Waals surface area (Å²) in [6.07, 6.45) is -4.57. The van der Waals surface area contributed by atoms with Gasteiger partial charge in [0.25, 0.3) is 10.0 Å². The van der Waals surface area contributed by atoms with Crippen molar-refractivity contribution in [3.05, 3.63) is 88.1 Å². The zero-order valence-electron chi connectivity index (χ0n) is 18.1. The molecule has 5 rings (SSSR count). The predicted octanol–water partition coefficient (Wildman–Crippen LogP) is 7.51. The number of nitrogens with one attached hydrogen (secondary N) is 3. The Morgan fingerprint density at radius 3 is 2.47 bits per heavy atom. The summed E-state index contributed by atoms with van der Waals surface area (Å²) in [6.45, 7) is 0. The first kappa shape index (κ1) is 24.2. The summed E-state index contributed by atoms with van der Waals surface area (Å²) in [5.41, 5.74) is 1.22. The molecule has 0 aliphatic heterocycles. The number of aromatic nitrogens is 2. The highest BCUT2D eigenvalue weighted by Crippen LogP contribution is 2.37. The Morgan fingerprint density at radius 1 is 1.00 bits per heavy atom. The van der Waals surface area contributed by atoms with Gasteiger partial charge in [0.2, 0.25) is 5.95 Å². The fraction of sp³-hybridized carbons (Fsp3) is 0.0417. The van der Waals surface area contributed by atoms with Crippen molar-refractivity contribution in [3.63, 3.8) is 0 Å². The Hall–Kier alpha value is -3.54. The minimum Gasteiger partial charge on any atom is -0.325 e. The van der Waals surface area contributed by atoms with Gasteiger partial charge in [-0.3, -0.25) is 4.72 Å². The maximum absolute atomic E-state index is 13.4. The van der Waals surface area contributed by atoms with E-state index in [9.17, 15) is 21.6 Å². The maximum atomic E-state index is 13.4. The number of thiophene rings is 1. The van der Waals surface area contributed by atoms with Crippen LogP contribution < -0.4 is 10.0 Å². The smallest absolute Gasteiger partial charge is 0.325 e. The standard InChI is InChI=1S/C24H16ClF3N4O2S2/c25-15-4-6-16(7-5-15)32-36(33,34)17-8-9-18(14-10-11-35-13-14)21(12-17)30-23-29-20-3-1-2-19(22(20)31-23)24(26,27)28/h1-13,32H,(H2,29,30,31). The number of H-pyrrole nitrogens is 1. The van der Waals surface area contributed by atoms with Crippen molar-refractivity contribution >= 4 is 61.3 Å². The summed E-state index contributed by atoms with van der Waals surface area (Å²) in [4.78, 5) is 6.89. The molecule has 12 heteroatoms. The van der Waals surface area contributed by atoms with Crippen LogP contribution in [0, 0.1) is 0 Å². The first-order valence-electron chi connectivity index (χ1n) is 10.4. The third-order valence-electron chi connectivity index (χ3n) is 5.30.